The van der Waals surface area contributed by atoms with Gasteiger partial charge in [0.1, 0.15) is 5.78 Å². The summed E-state index contributed by atoms with van der Waals surface area (Å²) in [5, 5.41) is 0. The minimum atomic E-state index is 0.0657. The van der Waals surface area contributed by atoms with Crippen LogP contribution < -0.4 is 0 Å². The molecule has 0 saturated heterocycles. The fourth-order valence-electron chi connectivity index (χ4n) is 1.36. The highest BCUT2D eigenvalue weighted by molar-refractivity contribution is 5.83. The normalized spacial score (nSPS) is 16.1. The summed E-state index contributed by atoms with van der Waals surface area (Å²) in [4.78, 5) is 11.9. The van der Waals surface area contributed by atoms with Crippen LogP contribution >= 0.6 is 0 Å². The first-order valence-corrected chi connectivity index (χ1v) is 6.00. The minimum absolute atomic E-state index is 0.0657. The lowest BCUT2D eigenvalue weighted by Crippen LogP contribution is -2.17. The van der Waals surface area contributed by atoms with Crippen LogP contribution in [0, 0.1) is 11.8 Å². The third kappa shape index (κ3) is 5.69. The first kappa shape index (κ1) is 14.9. The van der Waals surface area contributed by atoms with Crippen molar-refractivity contribution in [1.29, 1.82) is 0 Å². The molecule has 0 spiro atoms. The molecule has 0 aliphatic heterocycles. The van der Waals surface area contributed by atoms with Gasteiger partial charge in [-0.3, -0.25) is 4.79 Å². The number of ketones is 1. The molecule has 0 aromatic rings. The average Bonchev–Trinajstić information content (AvgIpc) is 2.27. The molecule has 0 saturated carbocycles. The van der Waals surface area contributed by atoms with Crippen molar-refractivity contribution in [2.45, 2.75) is 40.5 Å². The van der Waals surface area contributed by atoms with E-state index in [1.807, 2.05) is 39.0 Å². The number of hydrogen-bond donors (Lipinski definition) is 0. The van der Waals surface area contributed by atoms with Gasteiger partial charge in [0.25, 0.3) is 0 Å². The van der Waals surface area contributed by atoms with Crippen molar-refractivity contribution < 1.29 is 4.79 Å². The maximum Gasteiger partial charge on any atom is 0.140 e. The number of hydrogen-bond acceptors (Lipinski definition) is 1. The zero-order valence-corrected chi connectivity index (χ0v) is 11.0. The summed E-state index contributed by atoms with van der Waals surface area (Å²) in [5.41, 5.74) is 1.12. The second-order valence-electron chi connectivity index (χ2n) is 4.38. The predicted molar refractivity (Wildman–Crippen MR) is 71.3 cm³/mol. The molecule has 0 aromatic heterocycles. The number of Topliss-reactive ketones (excluding diaryl/α,β-unsaturated/α-hetero) is 1. The van der Waals surface area contributed by atoms with Gasteiger partial charge in [-0.25, -0.2) is 0 Å². The smallest absolute Gasteiger partial charge is 0.140 e. The Bertz CT molecular complexity index is 284. The highest BCUT2D eigenvalue weighted by Crippen LogP contribution is 2.17. The third-order valence-electron chi connectivity index (χ3n) is 2.87. The first-order valence-electron chi connectivity index (χ1n) is 6.00. The standard InChI is InChI=1S/C15H24O/c1-6-8-9-10-12(3)11-15(16)14(5)13(4)7-2/h7-10,13-14H,2,6,11H2,1,3-5H3/b9-8+,12-10-. The van der Waals surface area contributed by atoms with E-state index in [-0.39, 0.29) is 11.8 Å². The van der Waals surface area contributed by atoms with Crippen molar-refractivity contribution in [2.24, 2.45) is 11.8 Å². The van der Waals surface area contributed by atoms with E-state index in [1.54, 1.807) is 0 Å². The summed E-state index contributed by atoms with van der Waals surface area (Å²) < 4.78 is 0. The monoisotopic (exact) mass is 220 g/mol. The van der Waals surface area contributed by atoms with Gasteiger partial charge in [-0.2, -0.15) is 0 Å². The van der Waals surface area contributed by atoms with Crippen LogP contribution in [0.15, 0.2) is 36.5 Å². The van der Waals surface area contributed by atoms with Crippen molar-refractivity contribution in [1.82, 2.24) is 0 Å². The second kappa shape index (κ2) is 8.09. The molecule has 0 aliphatic rings. The summed E-state index contributed by atoms with van der Waals surface area (Å²) in [6, 6.07) is 0. The van der Waals surface area contributed by atoms with Crippen LogP contribution in [-0.2, 0) is 4.79 Å². The third-order valence-corrected chi connectivity index (χ3v) is 2.87. The molecular weight excluding hydrogens is 196 g/mol. The van der Waals surface area contributed by atoms with Crippen molar-refractivity contribution in [3.05, 3.63) is 36.5 Å². The summed E-state index contributed by atoms with van der Waals surface area (Å²) in [6.07, 6.45) is 9.55. The lowest BCUT2D eigenvalue weighted by molar-refractivity contribution is -0.122. The molecule has 0 bridgehead atoms. The predicted octanol–water partition coefficient (Wildman–Crippen LogP) is 4.32. The van der Waals surface area contributed by atoms with Gasteiger partial charge < -0.3 is 0 Å². The van der Waals surface area contributed by atoms with Crippen LogP contribution in [0.25, 0.3) is 0 Å². The first-order chi connectivity index (χ1) is 7.52. The van der Waals surface area contributed by atoms with Crippen LogP contribution in [-0.4, -0.2) is 5.78 Å². The summed E-state index contributed by atoms with van der Waals surface area (Å²) in [6.45, 7) is 11.8. The van der Waals surface area contributed by atoms with Gasteiger partial charge in [-0.05, 0) is 19.3 Å². The van der Waals surface area contributed by atoms with Gasteiger partial charge in [0.05, 0.1) is 0 Å². The van der Waals surface area contributed by atoms with Gasteiger partial charge in [0.2, 0.25) is 0 Å². The van der Waals surface area contributed by atoms with Crippen LogP contribution in [0.5, 0.6) is 0 Å². The molecule has 1 nitrogen and oxygen atoms in total. The van der Waals surface area contributed by atoms with E-state index in [4.69, 9.17) is 0 Å². The molecule has 0 rings (SSSR count). The summed E-state index contributed by atoms with van der Waals surface area (Å²) in [5.74, 6) is 0.619. The van der Waals surface area contributed by atoms with E-state index in [2.05, 4.69) is 19.6 Å². The zero-order chi connectivity index (χ0) is 12.6. The molecule has 0 aromatic carbocycles. The minimum Gasteiger partial charge on any atom is -0.299 e. The van der Waals surface area contributed by atoms with E-state index in [0.717, 1.165) is 12.0 Å². The van der Waals surface area contributed by atoms with Crippen LogP contribution in [0.4, 0.5) is 0 Å². The Morgan fingerprint density at radius 2 is 2.00 bits per heavy atom. The van der Waals surface area contributed by atoms with E-state index in [0.29, 0.717) is 12.2 Å². The van der Waals surface area contributed by atoms with Crippen molar-refractivity contribution >= 4 is 5.78 Å². The number of rotatable bonds is 7. The molecule has 16 heavy (non-hydrogen) atoms. The zero-order valence-electron chi connectivity index (χ0n) is 11.0. The molecule has 0 fully saturated rings. The quantitative estimate of drug-likeness (QED) is 0.461. The fourth-order valence-corrected chi connectivity index (χ4v) is 1.36. The molecule has 0 aliphatic carbocycles. The van der Waals surface area contributed by atoms with E-state index >= 15 is 0 Å². The molecule has 0 amide bonds. The molecule has 2 atom stereocenters. The van der Waals surface area contributed by atoms with Gasteiger partial charge in [0, 0.05) is 12.3 Å². The van der Waals surface area contributed by atoms with Crippen molar-refractivity contribution in [3.8, 4) is 0 Å². The van der Waals surface area contributed by atoms with Gasteiger partial charge in [0.15, 0.2) is 0 Å². The maximum absolute atomic E-state index is 11.9. The largest absolute Gasteiger partial charge is 0.299 e. The summed E-state index contributed by atoms with van der Waals surface area (Å²) >= 11 is 0. The molecular formula is C15H24O. The Labute approximate surface area is 99.9 Å². The lowest BCUT2D eigenvalue weighted by atomic mass is 9.89. The molecule has 0 N–H and O–H groups in total. The van der Waals surface area contributed by atoms with Crippen LogP contribution in [0.3, 0.4) is 0 Å². The van der Waals surface area contributed by atoms with E-state index in [9.17, 15) is 4.79 Å². The van der Waals surface area contributed by atoms with E-state index in [1.165, 1.54) is 0 Å². The molecule has 0 radical (unpaired) electrons. The van der Waals surface area contributed by atoms with Crippen molar-refractivity contribution in [3.63, 3.8) is 0 Å². The van der Waals surface area contributed by atoms with Gasteiger partial charge >= 0.3 is 0 Å². The highest BCUT2D eigenvalue weighted by atomic mass is 16.1. The molecule has 0 heterocycles. The molecule has 2 unspecified atom stereocenters. The number of carbonyl (C=O) groups is 1. The highest BCUT2D eigenvalue weighted by Gasteiger charge is 2.17. The Balaban J connectivity index is 4.28. The van der Waals surface area contributed by atoms with E-state index < -0.39 is 0 Å². The van der Waals surface area contributed by atoms with Gasteiger partial charge in [-0.15, -0.1) is 6.58 Å². The lowest BCUT2D eigenvalue weighted by Gasteiger charge is -2.14. The van der Waals surface area contributed by atoms with Crippen molar-refractivity contribution in [2.75, 3.05) is 0 Å². The topological polar surface area (TPSA) is 17.1 Å². The van der Waals surface area contributed by atoms with Gasteiger partial charge in [-0.1, -0.05) is 50.6 Å². The average molecular weight is 220 g/mol. The Kier molecular flexibility index (Phi) is 7.53. The Morgan fingerprint density at radius 1 is 1.38 bits per heavy atom. The second-order valence-corrected chi connectivity index (χ2v) is 4.38. The SMILES string of the molecule is C=CC(C)C(C)C(=O)C/C(C)=C\C=C\CC. The molecule has 1 heteroatoms. The Hall–Kier alpha value is -1.11. The number of carbonyl (C=O) groups excluding carboxylic acids is 1. The maximum atomic E-state index is 11.9. The number of allylic oxidation sites excluding steroid dienone is 5. The summed E-state index contributed by atoms with van der Waals surface area (Å²) in [7, 11) is 0. The van der Waals surface area contributed by atoms with Crippen LogP contribution in [0.2, 0.25) is 0 Å². The Morgan fingerprint density at radius 3 is 2.50 bits per heavy atom. The van der Waals surface area contributed by atoms with Crippen LogP contribution in [0.1, 0.15) is 40.5 Å². The molecule has 90 valence electrons. The fraction of sp³-hybridized carbons (Fsp3) is 0.533.